The van der Waals surface area contributed by atoms with Crippen molar-refractivity contribution in [2.45, 2.75) is 46.8 Å². The van der Waals surface area contributed by atoms with Crippen molar-refractivity contribution in [2.24, 2.45) is 0 Å². The Bertz CT molecular complexity index is 517. The normalized spacial score (nSPS) is 11.4. The molecular weight excluding hydrogens is 264 g/mol. The quantitative estimate of drug-likeness (QED) is 0.715. The van der Waals surface area contributed by atoms with Gasteiger partial charge in [0.1, 0.15) is 17.3 Å². The van der Waals surface area contributed by atoms with Gasteiger partial charge in [0.15, 0.2) is 0 Å². The summed E-state index contributed by atoms with van der Waals surface area (Å²) in [7, 11) is 0. The molecular formula is C17H26N2O2. The zero-order valence-corrected chi connectivity index (χ0v) is 13.3. The Morgan fingerprint density at radius 1 is 1.19 bits per heavy atom. The van der Waals surface area contributed by atoms with E-state index in [1.54, 1.807) is 6.26 Å². The van der Waals surface area contributed by atoms with Crippen LogP contribution in [0.2, 0.25) is 0 Å². The van der Waals surface area contributed by atoms with E-state index in [2.05, 4.69) is 30.1 Å². The van der Waals surface area contributed by atoms with E-state index in [9.17, 15) is 0 Å². The molecule has 4 nitrogen and oxygen atoms in total. The fourth-order valence-corrected chi connectivity index (χ4v) is 2.36. The largest absolute Gasteiger partial charge is 0.468 e. The van der Waals surface area contributed by atoms with Gasteiger partial charge in [-0.1, -0.05) is 13.8 Å². The smallest absolute Gasteiger partial charge is 0.118 e. The molecule has 1 N–H and O–H groups in total. The Labute approximate surface area is 127 Å². The summed E-state index contributed by atoms with van der Waals surface area (Å²) in [5, 5.41) is 3.37. The number of nitrogens with one attached hydrogen (secondary N) is 1. The lowest BCUT2D eigenvalue weighted by Gasteiger charge is -2.18. The third-order valence-corrected chi connectivity index (χ3v) is 3.60. The molecule has 0 aliphatic heterocycles. The zero-order valence-electron chi connectivity index (χ0n) is 13.3. The van der Waals surface area contributed by atoms with Gasteiger partial charge in [0.25, 0.3) is 0 Å². The third-order valence-electron chi connectivity index (χ3n) is 3.60. The highest BCUT2D eigenvalue weighted by molar-refractivity contribution is 5.21. The Morgan fingerprint density at radius 3 is 2.71 bits per heavy atom. The van der Waals surface area contributed by atoms with E-state index in [1.807, 2.05) is 19.1 Å². The van der Waals surface area contributed by atoms with Crippen LogP contribution < -0.4 is 5.32 Å². The standard InChI is InChI=1S/C17H26N2O2/c1-4-8-18-11-17-10-15(14(3)21-17)12-19(5-2)13-16-7-6-9-20-16/h6-7,9-10,18H,4-5,8,11-13H2,1-3H3. The minimum Gasteiger partial charge on any atom is -0.468 e. The van der Waals surface area contributed by atoms with Gasteiger partial charge >= 0.3 is 0 Å². The Balaban J connectivity index is 1.93. The van der Waals surface area contributed by atoms with Crippen LogP contribution in [0.3, 0.4) is 0 Å². The molecule has 21 heavy (non-hydrogen) atoms. The van der Waals surface area contributed by atoms with Crippen LogP contribution in [-0.2, 0) is 19.6 Å². The minimum atomic E-state index is 0.805. The lowest BCUT2D eigenvalue weighted by molar-refractivity contribution is 0.246. The van der Waals surface area contributed by atoms with E-state index in [4.69, 9.17) is 8.83 Å². The number of hydrogen-bond donors (Lipinski definition) is 1. The molecule has 0 aromatic carbocycles. The summed E-state index contributed by atoms with van der Waals surface area (Å²) < 4.78 is 11.3. The highest BCUT2D eigenvalue weighted by Gasteiger charge is 2.12. The Kier molecular flexibility index (Phi) is 6.08. The molecule has 0 amide bonds. The number of furan rings is 2. The van der Waals surface area contributed by atoms with Gasteiger partial charge < -0.3 is 14.2 Å². The van der Waals surface area contributed by atoms with Gasteiger partial charge in [-0.3, -0.25) is 4.90 Å². The zero-order chi connectivity index (χ0) is 15.1. The molecule has 4 heteroatoms. The molecule has 0 aliphatic carbocycles. The Hall–Kier alpha value is -1.52. The van der Waals surface area contributed by atoms with Crippen molar-refractivity contribution in [3.63, 3.8) is 0 Å². The minimum absolute atomic E-state index is 0.805. The van der Waals surface area contributed by atoms with Crippen LogP contribution in [0.15, 0.2) is 33.3 Å². The predicted octanol–water partition coefficient (Wildman–Crippen LogP) is 3.70. The molecule has 116 valence electrons. The predicted molar refractivity (Wildman–Crippen MR) is 83.9 cm³/mol. The molecule has 0 unspecified atom stereocenters. The third kappa shape index (κ3) is 4.76. The van der Waals surface area contributed by atoms with Crippen LogP contribution in [-0.4, -0.2) is 18.0 Å². The monoisotopic (exact) mass is 290 g/mol. The van der Waals surface area contributed by atoms with Gasteiger partial charge in [-0.05, 0) is 44.6 Å². The lowest BCUT2D eigenvalue weighted by Crippen LogP contribution is -2.22. The second-order valence-electron chi connectivity index (χ2n) is 5.35. The topological polar surface area (TPSA) is 41.5 Å². The molecule has 0 radical (unpaired) electrons. The summed E-state index contributed by atoms with van der Waals surface area (Å²) >= 11 is 0. The van der Waals surface area contributed by atoms with E-state index in [0.717, 1.165) is 56.4 Å². The number of hydrogen-bond acceptors (Lipinski definition) is 4. The van der Waals surface area contributed by atoms with Gasteiger partial charge in [0.2, 0.25) is 0 Å². The van der Waals surface area contributed by atoms with E-state index >= 15 is 0 Å². The number of nitrogens with zero attached hydrogens (tertiary/aromatic N) is 1. The van der Waals surface area contributed by atoms with Crippen LogP contribution in [0.5, 0.6) is 0 Å². The molecule has 0 saturated carbocycles. The summed E-state index contributed by atoms with van der Waals surface area (Å²) in [4.78, 5) is 2.35. The molecule has 0 fully saturated rings. The van der Waals surface area contributed by atoms with Crippen LogP contribution in [0.4, 0.5) is 0 Å². The van der Waals surface area contributed by atoms with E-state index in [1.165, 1.54) is 5.56 Å². The maximum Gasteiger partial charge on any atom is 0.118 e. The second-order valence-corrected chi connectivity index (χ2v) is 5.35. The molecule has 0 spiro atoms. The first-order valence-electron chi connectivity index (χ1n) is 7.76. The van der Waals surface area contributed by atoms with Crippen LogP contribution in [0, 0.1) is 6.92 Å². The van der Waals surface area contributed by atoms with Crippen molar-refractivity contribution >= 4 is 0 Å². The van der Waals surface area contributed by atoms with Gasteiger partial charge in [-0.25, -0.2) is 0 Å². The first kappa shape index (κ1) is 15.9. The molecule has 0 saturated heterocycles. The lowest BCUT2D eigenvalue weighted by atomic mass is 10.2. The summed E-state index contributed by atoms with van der Waals surface area (Å²) in [6.45, 7) is 10.9. The van der Waals surface area contributed by atoms with E-state index in [-0.39, 0.29) is 0 Å². The average molecular weight is 290 g/mol. The molecule has 2 heterocycles. The van der Waals surface area contributed by atoms with Gasteiger partial charge in [0.05, 0.1) is 19.4 Å². The maximum absolute atomic E-state index is 5.83. The summed E-state index contributed by atoms with van der Waals surface area (Å²) in [6.07, 6.45) is 2.86. The first-order valence-corrected chi connectivity index (χ1v) is 7.76. The highest BCUT2D eigenvalue weighted by atomic mass is 16.3. The first-order chi connectivity index (χ1) is 10.2. The van der Waals surface area contributed by atoms with Gasteiger partial charge in [-0.15, -0.1) is 0 Å². The molecule has 0 atom stereocenters. The molecule has 0 aliphatic rings. The molecule has 2 rings (SSSR count). The molecule has 2 aromatic rings. The van der Waals surface area contributed by atoms with Crippen LogP contribution >= 0.6 is 0 Å². The summed E-state index contributed by atoms with van der Waals surface area (Å²) in [5.74, 6) is 3.04. The summed E-state index contributed by atoms with van der Waals surface area (Å²) in [5.41, 5.74) is 1.26. The van der Waals surface area contributed by atoms with Crippen LogP contribution in [0.1, 0.15) is 43.1 Å². The van der Waals surface area contributed by atoms with Crippen molar-refractivity contribution < 1.29 is 8.83 Å². The van der Waals surface area contributed by atoms with E-state index < -0.39 is 0 Å². The maximum atomic E-state index is 5.83. The van der Waals surface area contributed by atoms with Crippen molar-refractivity contribution in [2.75, 3.05) is 13.1 Å². The molecule has 2 aromatic heterocycles. The van der Waals surface area contributed by atoms with Crippen molar-refractivity contribution in [1.82, 2.24) is 10.2 Å². The van der Waals surface area contributed by atoms with Gasteiger partial charge in [0, 0.05) is 12.1 Å². The van der Waals surface area contributed by atoms with Crippen molar-refractivity contribution in [1.29, 1.82) is 0 Å². The number of aryl methyl sites for hydroxylation is 1. The Morgan fingerprint density at radius 2 is 2.05 bits per heavy atom. The SMILES string of the molecule is CCCNCc1cc(CN(CC)Cc2ccco2)c(C)o1. The van der Waals surface area contributed by atoms with Crippen LogP contribution in [0.25, 0.3) is 0 Å². The fraction of sp³-hybridized carbons (Fsp3) is 0.529. The van der Waals surface area contributed by atoms with Crippen molar-refractivity contribution in [3.8, 4) is 0 Å². The average Bonchev–Trinajstić information content (AvgIpc) is 3.09. The summed E-state index contributed by atoms with van der Waals surface area (Å²) in [6, 6.07) is 6.12. The number of rotatable bonds is 9. The molecule has 0 bridgehead atoms. The van der Waals surface area contributed by atoms with Gasteiger partial charge in [-0.2, -0.15) is 0 Å². The fourth-order valence-electron chi connectivity index (χ4n) is 2.36. The van der Waals surface area contributed by atoms with Crippen molar-refractivity contribution in [3.05, 3.63) is 47.3 Å². The van der Waals surface area contributed by atoms with E-state index in [0.29, 0.717) is 0 Å². The highest BCUT2D eigenvalue weighted by Crippen LogP contribution is 2.18. The second kappa shape index (κ2) is 8.05.